The highest BCUT2D eigenvalue weighted by Gasteiger charge is 2.20. The Balaban J connectivity index is 2.23. The minimum atomic E-state index is 0.504. The van der Waals surface area contributed by atoms with Crippen LogP contribution in [0.3, 0.4) is 0 Å². The molecule has 0 unspecified atom stereocenters. The van der Waals surface area contributed by atoms with Crippen LogP contribution in [0.25, 0.3) is 0 Å². The second-order valence-corrected chi connectivity index (χ2v) is 5.48. The first-order valence-electron chi connectivity index (χ1n) is 6.50. The van der Waals surface area contributed by atoms with Crippen molar-refractivity contribution in [1.82, 2.24) is 14.7 Å². The summed E-state index contributed by atoms with van der Waals surface area (Å²) < 4.78 is 2.13. The fourth-order valence-electron chi connectivity index (χ4n) is 2.38. The SMILES string of the molecule is C=C1Cn2nc(C(C)C)cc2CCN1C(C)C. The molecule has 3 nitrogen and oxygen atoms in total. The van der Waals surface area contributed by atoms with Crippen molar-refractivity contribution in [2.24, 2.45) is 0 Å². The molecule has 3 heteroatoms. The number of fused-ring (bicyclic) bond motifs is 1. The molecule has 0 amide bonds. The summed E-state index contributed by atoms with van der Waals surface area (Å²) in [5, 5.41) is 4.68. The Morgan fingerprint density at radius 1 is 1.29 bits per heavy atom. The number of aromatic nitrogens is 2. The second-order valence-electron chi connectivity index (χ2n) is 5.48. The molecular formula is C14H23N3. The van der Waals surface area contributed by atoms with Crippen LogP contribution in [0.4, 0.5) is 0 Å². The quantitative estimate of drug-likeness (QED) is 0.783. The van der Waals surface area contributed by atoms with E-state index in [1.165, 1.54) is 17.1 Å². The summed E-state index contributed by atoms with van der Waals surface area (Å²) in [5.41, 5.74) is 3.72. The van der Waals surface area contributed by atoms with Crippen molar-refractivity contribution in [3.8, 4) is 0 Å². The third-order valence-electron chi connectivity index (χ3n) is 3.44. The lowest BCUT2D eigenvalue weighted by atomic mass is 10.1. The lowest BCUT2D eigenvalue weighted by molar-refractivity contribution is 0.283. The topological polar surface area (TPSA) is 21.1 Å². The van der Waals surface area contributed by atoms with Crippen LogP contribution in [0.15, 0.2) is 18.3 Å². The smallest absolute Gasteiger partial charge is 0.0805 e. The minimum Gasteiger partial charge on any atom is -0.371 e. The van der Waals surface area contributed by atoms with Gasteiger partial charge in [-0.2, -0.15) is 5.10 Å². The van der Waals surface area contributed by atoms with E-state index >= 15 is 0 Å². The summed E-state index contributed by atoms with van der Waals surface area (Å²) in [6, 6.07) is 2.78. The molecular weight excluding hydrogens is 210 g/mol. The average Bonchev–Trinajstić information content (AvgIpc) is 2.55. The van der Waals surface area contributed by atoms with E-state index in [-0.39, 0.29) is 0 Å². The summed E-state index contributed by atoms with van der Waals surface area (Å²) in [4.78, 5) is 2.38. The van der Waals surface area contributed by atoms with Crippen LogP contribution in [-0.4, -0.2) is 27.3 Å². The van der Waals surface area contributed by atoms with Gasteiger partial charge >= 0.3 is 0 Å². The third kappa shape index (κ3) is 2.38. The first-order chi connectivity index (χ1) is 7.99. The van der Waals surface area contributed by atoms with Gasteiger partial charge in [-0.05, 0) is 25.8 Å². The molecule has 1 aliphatic rings. The molecule has 0 radical (unpaired) electrons. The molecule has 1 aromatic heterocycles. The molecule has 2 heterocycles. The zero-order valence-corrected chi connectivity index (χ0v) is 11.4. The summed E-state index contributed by atoms with van der Waals surface area (Å²) in [6.07, 6.45) is 1.07. The molecule has 1 aromatic rings. The average molecular weight is 233 g/mol. The first-order valence-corrected chi connectivity index (χ1v) is 6.50. The number of allylic oxidation sites excluding steroid dienone is 1. The Labute approximate surface area is 104 Å². The predicted molar refractivity (Wildman–Crippen MR) is 71.0 cm³/mol. The van der Waals surface area contributed by atoms with Crippen molar-refractivity contribution in [1.29, 1.82) is 0 Å². The Hall–Kier alpha value is -1.25. The predicted octanol–water partition coefficient (Wildman–Crippen LogP) is 2.79. The van der Waals surface area contributed by atoms with E-state index in [2.05, 4.69) is 55.0 Å². The van der Waals surface area contributed by atoms with E-state index in [0.29, 0.717) is 12.0 Å². The van der Waals surface area contributed by atoms with E-state index in [1.54, 1.807) is 0 Å². The fourth-order valence-corrected chi connectivity index (χ4v) is 2.38. The molecule has 0 fully saturated rings. The normalized spacial score (nSPS) is 16.6. The molecule has 0 N–H and O–H groups in total. The Kier molecular flexibility index (Phi) is 3.27. The molecule has 94 valence electrons. The van der Waals surface area contributed by atoms with Gasteiger partial charge in [-0.1, -0.05) is 20.4 Å². The van der Waals surface area contributed by atoms with E-state index in [0.717, 1.165) is 19.5 Å². The van der Waals surface area contributed by atoms with Crippen molar-refractivity contribution in [2.45, 2.75) is 52.6 Å². The van der Waals surface area contributed by atoms with Gasteiger partial charge in [0.05, 0.1) is 12.2 Å². The van der Waals surface area contributed by atoms with Crippen LogP contribution in [0.1, 0.15) is 45.0 Å². The zero-order valence-electron chi connectivity index (χ0n) is 11.4. The molecule has 0 spiro atoms. The zero-order chi connectivity index (χ0) is 12.6. The lowest BCUT2D eigenvalue weighted by Gasteiger charge is -2.28. The van der Waals surface area contributed by atoms with E-state index in [9.17, 15) is 0 Å². The van der Waals surface area contributed by atoms with Crippen LogP contribution in [0.2, 0.25) is 0 Å². The second kappa shape index (κ2) is 4.55. The van der Waals surface area contributed by atoms with Crippen LogP contribution < -0.4 is 0 Å². The maximum absolute atomic E-state index is 4.68. The standard InChI is InChI=1S/C14H23N3/c1-10(2)14-8-13-6-7-16(11(3)4)12(5)9-17(13)15-14/h8,10-11H,5-7,9H2,1-4H3. The Morgan fingerprint density at radius 2 is 2.00 bits per heavy atom. The monoisotopic (exact) mass is 233 g/mol. The summed E-state index contributed by atoms with van der Waals surface area (Å²) in [7, 11) is 0. The highest BCUT2D eigenvalue weighted by molar-refractivity contribution is 5.17. The molecule has 0 saturated carbocycles. The van der Waals surface area contributed by atoms with Gasteiger partial charge in [0.2, 0.25) is 0 Å². The van der Waals surface area contributed by atoms with Crippen LogP contribution >= 0.6 is 0 Å². The summed E-state index contributed by atoms with van der Waals surface area (Å²) in [6.45, 7) is 14.9. The maximum atomic E-state index is 4.68. The van der Waals surface area contributed by atoms with Gasteiger partial charge in [-0.3, -0.25) is 4.68 Å². The van der Waals surface area contributed by atoms with Crippen molar-refractivity contribution in [2.75, 3.05) is 6.54 Å². The van der Waals surface area contributed by atoms with Crippen molar-refractivity contribution in [3.63, 3.8) is 0 Å². The minimum absolute atomic E-state index is 0.504. The molecule has 0 atom stereocenters. The number of nitrogens with zero attached hydrogens (tertiary/aromatic N) is 3. The highest BCUT2D eigenvalue weighted by atomic mass is 15.3. The van der Waals surface area contributed by atoms with Crippen molar-refractivity contribution >= 4 is 0 Å². The Morgan fingerprint density at radius 3 is 2.59 bits per heavy atom. The molecule has 0 aliphatic carbocycles. The third-order valence-corrected chi connectivity index (χ3v) is 3.44. The van der Waals surface area contributed by atoms with Gasteiger partial charge in [-0.15, -0.1) is 0 Å². The number of hydrogen-bond acceptors (Lipinski definition) is 2. The maximum Gasteiger partial charge on any atom is 0.0805 e. The van der Waals surface area contributed by atoms with Gasteiger partial charge in [0.15, 0.2) is 0 Å². The number of rotatable bonds is 2. The highest BCUT2D eigenvalue weighted by Crippen LogP contribution is 2.21. The molecule has 17 heavy (non-hydrogen) atoms. The fraction of sp³-hybridized carbons (Fsp3) is 0.643. The van der Waals surface area contributed by atoms with Gasteiger partial charge in [0.1, 0.15) is 0 Å². The van der Waals surface area contributed by atoms with Crippen LogP contribution in [0.5, 0.6) is 0 Å². The first kappa shape index (κ1) is 12.2. The molecule has 0 saturated heterocycles. The van der Waals surface area contributed by atoms with Gasteiger partial charge in [0.25, 0.3) is 0 Å². The van der Waals surface area contributed by atoms with Crippen LogP contribution in [-0.2, 0) is 13.0 Å². The molecule has 1 aliphatic heterocycles. The van der Waals surface area contributed by atoms with Crippen LogP contribution in [0, 0.1) is 0 Å². The lowest BCUT2D eigenvalue weighted by Crippen LogP contribution is -2.31. The van der Waals surface area contributed by atoms with E-state index in [4.69, 9.17) is 0 Å². The van der Waals surface area contributed by atoms with Gasteiger partial charge in [-0.25, -0.2) is 0 Å². The van der Waals surface area contributed by atoms with Gasteiger partial charge in [0, 0.05) is 30.4 Å². The Bertz CT molecular complexity index is 415. The molecule has 0 aromatic carbocycles. The number of hydrogen-bond donors (Lipinski definition) is 0. The molecule has 0 bridgehead atoms. The van der Waals surface area contributed by atoms with E-state index < -0.39 is 0 Å². The molecule has 2 rings (SSSR count). The van der Waals surface area contributed by atoms with Crippen molar-refractivity contribution in [3.05, 3.63) is 29.7 Å². The van der Waals surface area contributed by atoms with Gasteiger partial charge < -0.3 is 4.90 Å². The largest absolute Gasteiger partial charge is 0.371 e. The summed E-state index contributed by atoms with van der Waals surface area (Å²) >= 11 is 0. The van der Waals surface area contributed by atoms with Crippen molar-refractivity contribution < 1.29 is 0 Å². The van der Waals surface area contributed by atoms with E-state index in [1.807, 2.05) is 0 Å². The summed E-state index contributed by atoms with van der Waals surface area (Å²) in [5.74, 6) is 0.504.